The number of hydrogen-bond donors (Lipinski definition) is 2. The molecule has 14 heavy (non-hydrogen) atoms. The van der Waals surface area contributed by atoms with E-state index in [-0.39, 0.29) is 5.91 Å². The van der Waals surface area contributed by atoms with Gasteiger partial charge >= 0.3 is 0 Å². The van der Waals surface area contributed by atoms with E-state index in [0.717, 1.165) is 4.47 Å². The summed E-state index contributed by atoms with van der Waals surface area (Å²) in [5.74, 6) is -0.813. The molecule has 0 spiro atoms. The number of halogens is 1. The molecule has 1 aromatic rings. The number of nitrogens with two attached hydrogens (primary N) is 1. The molecule has 0 unspecified atom stereocenters. The van der Waals surface area contributed by atoms with Crippen LogP contribution < -0.4 is 11.1 Å². The molecule has 0 aliphatic heterocycles. The summed E-state index contributed by atoms with van der Waals surface area (Å²) in [5.41, 5.74) is 5.85. The summed E-state index contributed by atoms with van der Waals surface area (Å²) in [6.45, 7) is 1.37. The lowest BCUT2D eigenvalue weighted by Gasteiger charge is -2.07. The zero-order chi connectivity index (χ0) is 10.7. The average molecular weight is 257 g/mol. The van der Waals surface area contributed by atoms with Crippen LogP contribution in [-0.4, -0.2) is 11.8 Å². The van der Waals surface area contributed by atoms with Gasteiger partial charge in [0.15, 0.2) is 0 Å². The maximum atomic E-state index is 11.0. The van der Waals surface area contributed by atoms with Gasteiger partial charge in [0.05, 0.1) is 11.3 Å². The van der Waals surface area contributed by atoms with E-state index in [0.29, 0.717) is 11.3 Å². The SMILES string of the molecule is CC(=O)Nc1cc(Br)ccc1C(N)=O. The Morgan fingerprint density at radius 3 is 2.57 bits per heavy atom. The quantitative estimate of drug-likeness (QED) is 0.842. The van der Waals surface area contributed by atoms with Crippen molar-refractivity contribution in [3.63, 3.8) is 0 Å². The van der Waals surface area contributed by atoms with Crippen LogP contribution in [0.25, 0.3) is 0 Å². The van der Waals surface area contributed by atoms with Gasteiger partial charge in [-0.2, -0.15) is 0 Å². The molecule has 74 valence electrons. The molecule has 0 aliphatic carbocycles. The van der Waals surface area contributed by atoms with Gasteiger partial charge in [-0.25, -0.2) is 0 Å². The molecule has 0 radical (unpaired) electrons. The molecular weight excluding hydrogens is 248 g/mol. The lowest BCUT2D eigenvalue weighted by atomic mass is 10.1. The van der Waals surface area contributed by atoms with Crippen LogP contribution in [0.2, 0.25) is 0 Å². The first kappa shape index (κ1) is 10.7. The van der Waals surface area contributed by atoms with Crippen molar-refractivity contribution < 1.29 is 9.59 Å². The fraction of sp³-hybridized carbons (Fsp3) is 0.111. The van der Waals surface area contributed by atoms with Crippen molar-refractivity contribution in [2.45, 2.75) is 6.92 Å². The van der Waals surface area contributed by atoms with E-state index in [4.69, 9.17) is 5.73 Å². The third-order valence-electron chi connectivity index (χ3n) is 1.56. The third kappa shape index (κ3) is 2.56. The third-order valence-corrected chi connectivity index (χ3v) is 2.05. The molecule has 0 aromatic heterocycles. The summed E-state index contributed by atoms with van der Waals surface area (Å²) >= 11 is 3.23. The fourth-order valence-electron chi connectivity index (χ4n) is 1.02. The monoisotopic (exact) mass is 256 g/mol. The lowest BCUT2D eigenvalue weighted by Crippen LogP contribution is -2.16. The first-order valence-corrected chi connectivity index (χ1v) is 4.67. The summed E-state index contributed by atoms with van der Waals surface area (Å²) in [6.07, 6.45) is 0. The Kier molecular flexibility index (Phi) is 3.24. The fourth-order valence-corrected chi connectivity index (χ4v) is 1.39. The first-order chi connectivity index (χ1) is 6.50. The van der Waals surface area contributed by atoms with Gasteiger partial charge in [-0.1, -0.05) is 15.9 Å². The summed E-state index contributed by atoms with van der Waals surface area (Å²) in [5, 5.41) is 2.53. The molecule has 2 amide bonds. The minimum Gasteiger partial charge on any atom is -0.366 e. The van der Waals surface area contributed by atoms with Gasteiger partial charge in [0.2, 0.25) is 5.91 Å². The molecule has 0 aliphatic rings. The Morgan fingerprint density at radius 2 is 2.07 bits per heavy atom. The van der Waals surface area contributed by atoms with Crippen molar-refractivity contribution in [1.82, 2.24) is 0 Å². The number of rotatable bonds is 2. The van der Waals surface area contributed by atoms with E-state index < -0.39 is 5.91 Å². The van der Waals surface area contributed by atoms with Gasteiger partial charge < -0.3 is 11.1 Å². The molecular formula is C9H9BrN2O2. The van der Waals surface area contributed by atoms with E-state index in [2.05, 4.69) is 21.2 Å². The van der Waals surface area contributed by atoms with Crippen LogP contribution in [0.4, 0.5) is 5.69 Å². The zero-order valence-corrected chi connectivity index (χ0v) is 9.09. The second-order valence-electron chi connectivity index (χ2n) is 2.74. The Morgan fingerprint density at radius 1 is 1.43 bits per heavy atom. The maximum absolute atomic E-state index is 11.0. The van der Waals surface area contributed by atoms with Crippen LogP contribution in [-0.2, 0) is 4.79 Å². The molecule has 4 nitrogen and oxygen atoms in total. The van der Waals surface area contributed by atoms with E-state index in [1.54, 1.807) is 18.2 Å². The number of amides is 2. The molecule has 3 N–H and O–H groups in total. The predicted molar refractivity (Wildman–Crippen MR) is 57.0 cm³/mol. The Bertz CT molecular complexity index is 390. The molecule has 0 fully saturated rings. The molecule has 1 aromatic carbocycles. The predicted octanol–water partition coefficient (Wildman–Crippen LogP) is 1.51. The number of carbonyl (C=O) groups is 2. The molecule has 1 rings (SSSR count). The standard InChI is InChI=1S/C9H9BrN2O2/c1-5(13)12-8-4-6(10)2-3-7(8)9(11)14/h2-4H,1H3,(H2,11,14)(H,12,13). The van der Waals surface area contributed by atoms with Crippen LogP contribution in [0, 0.1) is 0 Å². The lowest BCUT2D eigenvalue weighted by molar-refractivity contribution is -0.114. The highest BCUT2D eigenvalue weighted by atomic mass is 79.9. The minimum absolute atomic E-state index is 0.245. The summed E-state index contributed by atoms with van der Waals surface area (Å²) in [4.78, 5) is 21.8. The van der Waals surface area contributed by atoms with Crippen LogP contribution in [0.1, 0.15) is 17.3 Å². The second kappa shape index (κ2) is 4.23. The van der Waals surface area contributed by atoms with Crippen molar-refractivity contribution in [1.29, 1.82) is 0 Å². The van der Waals surface area contributed by atoms with Gasteiger partial charge in [-0.3, -0.25) is 9.59 Å². The van der Waals surface area contributed by atoms with E-state index in [9.17, 15) is 9.59 Å². The van der Waals surface area contributed by atoms with Gasteiger partial charge in [0.1, 0.15) is 0 Å². The number of hydrogen-bond acceptors (Lipinski definition) is 2. The number of nitrogens with one attached hydrogen (secondary N) is 1. The molecule has 0 atom stereocenters. The molecule has 0 heterocycles. The molecule has 0 bridgehead atoms. The molecule has 0 saturated heterocycles. The van der Waals surface area contributed by atoms with Gasteiger partial charge in [-0.05, 0) is 18.2 Å². The summed E-state index contributed by atoms with van der Waals surface area (Å²) in [6, 6.07) is 4.87. The Hall–Kier alpha value is -1.36. The van der Waals surface area contributed by atoms with Crippen LogP contribution in [0.15, 0.2) is 22.7 Å². The van der Waals surface area contributed by atoms with E-state index in [1.807, 2.05) is 0 Å². The number of primary amides is 1. The van der Waals surface area contributed by atoms with Crippen molar-refractivity contribution in [3.8, 4) is 0 Å². The van der Waals surface area contributed by atoms with Crippen LogP contribution in [0.3, 0.4) is 0 Å². The zero-order valence-electron chi connectivity index (χ0n) is 7.50. The van der Waals surface area contributed by atoms with E-state index >= 15 is 0 Å². The molecule has 0 saturated carbocycles. The highest BCUT2D eigenvalue weighted by molar-refractivity contribution is 9.10. The smallest absolute Gasteiger partial charge is 0.250 e. The van der Waals surface area contributed by atoms with Crippen molar-refractivity contribution >= 4 is 33.4 Å². The first-order valence-electron chi connectivity index (χ1n) is 3.87. The van der Waals surface area contributed by atoms with Gasteiger partial charge in [0, 0.05) is 11.4 Å². The van der Waals surface area contributed by atoms with Crippen LogP contribution >= 0.6 is 15.9 Å². The van der Waals surface area contributed by atoms with Gasteiger partial charge in [-0.15, -0.1) is 0 Å². The highest BCUT2D eigenvalue weighted by Gasteiger charge is 2.09. The Balaban J connectivity index is 3.15. The van der Waals surface area contributed by atoms with Crippen molar-refractivity contribution in [2.75, 3.05) is 5.32 Å². The number of anilines is 1. The maximum Gasteiger partial charge on any atom is 0.250 e. The van der Waals surface area contributed by atoms with E-state index in [1.165, 1.54) is 6.92 Å². The normalized spacial score (nSPS) is 9.57. The van der Waals surface area contributed by atoms with Crippen molar-refractivity contribution in [2.24, 2.45) is 5.73 Å². The average Bonchev–Trinajstić information content (AvgIpc) is 2.01. The number of benzene rings is 1. The molecule has 5 heteroatoms. The minimum atomic E-state index is -0.568. The summed E-state index contributed by atoms with van der Waals surface area (Å²) < 4.78 is 0.770. The highest BCUT2D eigenvalue weighted by Crippen LogP contribution is 2.20. The topological polar surface area (TPSA) is 72.2 Å². The van der Waals surface area contributed by atoms with Crippen LogP contribution in [0.5, 0.6) is 0 Å². The van der Waals surface area contributed by atoms with Gasteiger partial charge in [0.25, 0.3) is 5.91 Å². The largest absolute Gasteiger partial charge is 0.366 e. The van der Waals surface area contributed by atoms with Crippen molar-refractivity contribution in [3.05, 3.63) is 28.2 Å². The number of carbonyl (C=O) groups excluding carboxylic acids is 2. The second-order valence-corrected chi connectivity index (χ2v) is 3.65. The Labute approximate surface area is 89.6 Å². The summed E-state index contributed by atoms with van der Waals surface area (Å²) in [7, 11) is 0.